The third kappa shape index (κ3) is 4.19. The summed E-state index contributed by atoms with van der Waals surface area (Å²) in [6.07, 6.45) is 5.63. The number of hydrogen-bond donors (Lipinski definition) is 0. The predicted octanol–water partition coefficient (Wildman–Crippen LogP) is 5.74. The fraction of sp³-hybridized carbons (Fsp3) is 0.632. The van der Waals surface area contributed by atoms with Crippen LogP contribution in [0.25, 0.3) is 0 Å². The van der Waals surface area contributed by atoms with Crippen molar-refractivity contribution in [2.24, 2.45) is 16.8 Å². The van der Waals surface area contributed by atoms with Crippen LogP contribution >= 0.6 is 0 Å². The minimum atomic E-state index is 0.0677. The fourth-order valence-corrected chi connectivity index (χ4v) is 2.59. The Balaban J connectivity index is 2.63. The normalized spacial score (nSPS) is 28.2. The Labute approximate surface area is 125 Å². The molecule has 112 valence electrons. The van der Waals surface area contributed by atoms with Crippen LogP contribution in [0.2, 0.25) is 0 Å². The van der Waals surface area contributed by atoms with Crippen LogP contribution in [0.5, 0.6) is 0 Å². The molecule has 3 atom stereocenters. The van der Waals surface area contributed by atoms with E-state index in [1.165, 1.54) is 23.3 Å². The minimum Gasteiger partial charge on any atom is -0.287 e. The Bertz CT molecular complexity index is 452. The van der Waals surface area contributed by atoms with E-state index in [2.05, 4.69) is 53.9 Å². The first-order valence-electron chi connectivity index (χ1n) is 7.78. The zero-order chi connectivity index (χ0) is 15.5. The molecule has 0 radical (unpaired) electrons. The van der Waals surface area contributed by atoms with Crippen LogP contribution in [0.1, 0.15) is 60.8 Å². The number of rotatable bonds is 7. The summed E-state index contributed by atoms with van der Waals surface area (Å²) < 4.78 is 0. The van der Waals surface area contributed by atoms with E-state index in [1.807, 2.05) is 6.92 Å². The van der Waals surface area contributed by atoms with Gasteiger partial charge in [0.25, 0.3) is 0 Å². The highest BCUT2D eigenvalue weighted by Crippen LogP contribution is 2.52. The molecule has 1 aliphatic carbocycles. The summed E-state index contributed by atoms with van der Waals surface area (Å²) in [4.78, 5) is 4.93. The predicted molar refractivity (Wildman–Crippen MR) is 91.4 cm³/mol. The molecule has 0 heterocycles. The first-order chi connectivity index (χ1) is 9.21. The van der Waals surface area contributed by atoms with Gasteiger partial charge in [-0.25, -0.2) is 0 Å². The van der Waals surface area contributed by atoms with E-state index in [-0.39, 0.29) is 5.54 Å². The maximum atomic E-state index is 4.93. The van der Waals surface area contributed by atoms with Crippen LogP contribution in [-0.2, 0) is 0 Å². The van der Waals surface area contributed by atoms with Gasteiger partial charge in [-0.3, -0.25) is 4.99 Å². The van der Waals surface area contributed by atoms with E-state index in [0.29, 0.717) is 11.8 Å². The SMILES string of the molecule is C=C(C)C(=C)C1CC1(C)/N=C(\C)C/C=C(\C)C(C)CC. The Morgan fingerprint density at radius 1 is 1.35 bits per heavy atom. The summed E-state index contributed by atoms with van der Waals surface area (Å²) in [6.45, 7) is 21.3. The third-order valence-electron chi connectivity index (χ3n) is 4.73. The number of nitrogens with zero attached hydrogens (tertiary/aromatic N) is 1. The molecular weight excluding hydrogens is 242 g/mol. The van der Waals surface area contributed by atoms with E-state index in [1.54, 1.807) is 0 Å². The Morgan fingerprint density at radius 2 is 1.95 bits per heavy atom. The topological polar surface area (TPSA) is 12.4 Å². The summed E-state index contributed by atoms with van der Waals surface area (Å²) in [5.41, 5.74) is 5.05. The largest absolute Gasteiger partial charge is 0.287 e. The Kier molecular flexibility index (Phi) is 5.56. The lowest BCUT2D eigenvalue weighted by atomic mass is 9.98. The van der Waals surface area contributed by atoms with E-state index in [9.17, 15) is 0 Å². The molecule has 0 bridgehead atoms. The van der Waals surface area contributed by atoms with Gasteiger partial charge in [-0.2, -0.15) is 0 Å². The molecule has 1 saturated carbocycles. The van der Waals surface area contributed by atoms with E-state index in [0.717, 1.165) is 18.4 Å². The van der Waals surface area contributed by atoms with E-state index in [4.69, 9.17) is 4.99 Å². The van der Waals surface area contributed by atoms with E-state index >= 15 is 0 Å². The third-order valence-corrected chi connectivity index (χ3v) is 4.73. The molecule has 0 saturated heterocycles. The molecule has 1 rings (SSSR count). The van der Waals surface area contributed by atoms with Gasteiger partial charge in [-0.15, -0.1) is 0 Å². The summed E-state index contributed by atoms with van der Waals surface area (Å²) >= 11 is 0. The van der Waals surface area contributed by atoms with Crippen molar-refractivity contribution in [3.05, 3.63) is 36.0 Å². The van der Waals surface area contributed by atoms with Crippen molar-refractivity contribution in [3.8, 4) is 0 Å². The summed E-state index contributed by atoms with van der Waals surface area (Å²) in [5.74, 6) is 1.17. The van der Waals surface area contributed by atoms with Crippen molar-refractivity contribution in [2.75, 3.05) is 0 Å². The van der Waals surface area contributed by atoms with Crippen molar-refractivity contribution < 1.29 is 0 Å². The van der Waals surface area contributed by atoms with Gasteiger partial charge in [-0.05, 0) is 52.0 Å². The van der Waals surface area contributed by atoms with Gasteiger partial charge in [0.05, 0.1) is 5.54 Å². The number of aliphatic imine (C=N–C) groups is 1. The molecular formula is C19H31N. The van der Waals surface area contributed by atoms with Crippen molar-refractivity contribution >= 4 is 5.71 Å². The van der Waals surface area contributed by atoms with Gasteiger partial charge >= 0.3 is 0 Å². The van der Waals surface area contributed by atoms with Crippen LogP contribution in [0.15, 0.2) is 40.9 Å². The smallest absolute Gasteiger partial charge is 0.0655 e. The average Bonchev–Trinajstić information content (AvgIpc) is 3.05. The first-order valence-corrected chi connectivity index (χ1v) is 7.78. The maximum absolute atomic E-state index is 4.93. The molecule has 0 aromatic carbocycles. The minimum absolute atomic E-state index is 0.0677. The molecule has 0 aromatic heterocycles. The van der Waals surface area contributed by atoms with Gasteiger partial charge < -0.3 is 0 Å². The van der Waals surface area contributed by atoms with Crippen LogP contribution in [0.3, 0.4) is 0 Å². The number of hydrogen-bond acceptors (Lipinski definition) is 1. The molecule has 0 amide bonds. The lowest BCUT2D eigenvalue weighted by molar-refractivity contribution is 0.653. The second-order valence-corrected chi connectivity index (χ2v) is 6.73. The molecule has 1 fully saturated rings. The van der Waals surface area contributed by atoms with Gasteiger partial charge in [0, 0.05) is 18.1 Å². The number of allylic oxidation sites excluding steroid dienone is 3. The van der Waals surface area contributed by atoms with Crippen LogP contribution in [0, 0.1) is 11.8 Å². The van der Waals surface area contributed by atoms with Crippen molar-refractivity contribution in [2.45, 2.75) is 66.3 Å². The Morgan fingerprint density at radius 3 is 2.45 bits per heavy atom. The van der Waals surface area contributed by atoms with Gasteiger partial charge in [0.15, 0.2) is 0 Å². The van der Waals surface area contributed by atoms with Crippen LogP contribution in [-0.4, -0.2) is 11.3 Å². The second-order valence-electron chi connectivity index (χ2n) is 6.73. The molecule has 1 heteroatoms. The monoisotopic (exact) mass is 273 g/mol. The van der Waals surface area contributed by atoms with Gasteiger partial charge in [-0.1, -0.05) is 44.2 Å². The highest BCUT2D eigenvalue weighted by molar-refractivity contribution is 5.84. The molecule has 0 spiro atoms. The molecule has 0 N–H and O–H groups in total. The maximum Gasteiger partial charge on any atom is 0.0655 e. The van der Waals surface area contributed by atoms with Gasteiger partial charge in [0.2, 0.25) is 0 Å². The highest BCUT2D eigenvalue weighted by atomic mass is 14.9. The zero-order valence-electron chi connectivity index (χ0n) is 14.2. The van der Waals surface area contributed by atoms with Crippen LogP contribution in [0.4, 0.5) is 0 Å². The molecule has 1 aliphatic rings. The first kappa shape index (κ1) is 16.9. The summed E-state index contributed by atoms with van der Waals surface area (Å²) in [6, 6.07) is 0. The second kappa shape index (κ2) is 6.56. The highest BCUT2D eigenvalue weighted by Gasteiger charge is 2.51. The molecule has 3 unspecified atom stereocenters. The standard InChI is InChI=1S/C19H31N/c1-9-14(4)15(5)10-11-16(6)20-19(8)12-18(19)17(7)13(2)3/h10,14,18H,2,7,9,11-12H2,1,3-6,8H3/b15-10+,20-16+. The van der Waals surface area contributed by atoms with E-state index < -0.39 is 0 Å². The van der Waals surface area contributed by atoms with Crippen molar-refractivity contribution in [1.82, 2.24) is 0 Å². The Hall–Kier alpha value is -1.11. The van der Waals surface area contributed by atoms with Crippen molar-refractivity contribution in [1.29, 1.82) is 0 Å². The molecule has 20 heavy (non-hydrogen) atoms. The lowest BCUT2D eigenvalue weighted by Gasteiger charge is -2.11. The summed E-state index contributed by atoms with van der Waals surface area (Å²) in [5, 5.41) is 0. The van der Waals surface area contributed by atoms with Gasteiger partial charge in [0.1, 0.15) is 0 Å². The molecule has 1 nitrogen and oxygen atoms in total. The van der Waals surface area contributed by atoms with Crippen molar-refractivity contribution in [3.63, 3.8) is 0 Å². The molecule has 0 aromatic rings. The fourth-order valence-electron chi connectivity index (χ4n) is 2.59. The van der Waals surface area contributed by atoms with Crippen LogP contribution < -0.4 is 0 Å². The summed E-state index contributed by atoms with van der Waals surface area (Å²) in [7, 11) is 0. The lowest BCUT2D eigenvalue weighted by Crippen LogP contribution is -2.08. The average molecular weight is 273 g/mol. The molecule has 0 aliphatic heterocycles. The zero-order valence-corrected chi connectivity index (χ0v) is 14.2. The quantitative estimate of drug-likeness (QED) is 0.318.